The van der Waals surface area contributed by atoms with Crippen LogP contribution in [0.15, 0.2) is 48.8 Å². The SMILES string of the molecule is Cc1ccncc1C(=O)C1(c2ccccc2)CCCC1. The standard InChI is InChI=1S/C18H19NO/c1-14-9-12-19-13-16(14)17(20)18(10-5-6-11-18)15-7-3-2-4-8-15/h2-4,7-9,12-13H,5-6,10-11H2,1H3. The molecule has 1 fully saturated rings. The van der Waals surface area contributed by atoms with Gasteiger partial charge < -0.3 is 0 Å². The lowest BCUT2D eigenvalue weighted by Crippen LogP contribution is -2.33. The second-order valence-corrected chi connectivity index (χ2v) is 5.67. The summed E-state index contributed by atoms with van der Waals surface area (Å²) in [5.41, 5.74) is 2.62. The van der Waals surface area contributed by atoms with E-state index in [0.717, 1.165) is 42.4 Å². The Morgan fingerprint density at radius 1 is 1.10 bits per heavy atom. The van der Waals surface area contributed by atoms with Gasteiger partial charge in [-0.1, -0.05) is 43.2 Å². The normalized spacial score (nSPS) is 17.1. The molecule has 0 aliphatic heterocycles. The van der Waals surface area contributed by atoms with Gasteiger partial charge in [-0.15, -0.1) is 0 Å². The Balaban J connectivity index is 2.08. The molecule has 0 saturated heterocycles. The van der Waals surface area contributed by atoms with Crippen molar-refractivity contribution in [1.29, 1.82) is 0 Å². The van der Waals surface area contributed by atoms with Crippen molar-refractivity contribution in [2.24, 2.45) is 0 Å². The van der Waals surface area contributed by atoms with Gasteiger partial charge >= 0.3 is 0 Å². The fourth-order valence-electron chi connectivity index (χ4n) is 3.34. The lowest BCUT2D eigenvalue weighted by atomic mass is 9.73. The molecule has 20 heavy (non-hydrogen) atoms. The van der Waals surface area contributed by atoms with E-state index in [4.69, 9.17) is 0 Å². The first-order chi connectivity index (χ1) is 9.74. The smallest absolute Gasteiger partial charge is 0.175 e. The predicted octanol–water partition coefficient (Wildman–Crippen LogP) is 4.08. The molecular formula is C18H19NO. The molecule has 0 amide bonds. The summed E-state index contributed by atoms with van der Waals surface area (Å²) >= 11 is 0. The number of nitrogens with zero attached hydrogens (tertiary/aromatic N) is 1. The van der Waals surface area contributed by atoms with E-state index in [-0.39, 0.29) is 11.2 Å². The van der Waals surface area contributed by atoms with Gasteiger partial charge in [0.2, 0.25) is 0 Å². The molecule has 2 heteroatoms. The van der Waals surface area contributed by atoms with Crippen molar-refractivity contribution in [3.05, 3.63) is 65.5 Å². The van der Waals surface area contributed by atoms with Gasteiger partial charge in [0, 0.05) is 18.0 Å². The van der Waals surface area contributed by atoms with E-state index in [2.05, 4.69) is 17.1 Å². The Hall–Kier alpha value is -1.96. The summed E-state index contributed by atoms with van der Waals surface area (Å²) in [5, 5.41) is 0. The Kier molecular flexibility index (Phi) is 3.39. The van der Waals surface area contributed by atoms with E-state index in [9.17, 15) is 4.79 Å². The summed E-state index contributed by atoms with van der Waals surface area (Å²) in [5.74, 6) is 0.242. The molecule has 1 heterocycles. The highest BCUT2D eigenvalue weighted by atomic mass is 16.1. The van der Waals surface area contributed by atoms with Gasteiger partial charge in [0.15, 0.2) is 5.78 Å². The first-order valence-corrected chi connectivity index (χ1v) is 7.25. The van der Waals surface area contributed by atoms with E-state index >= 15 is 0 Å². The zero-order valence-corrected chi connectivity index (χ0v) is 11.8. The van der Waals surface area contributed by atoms with Crippen LogP contribution in [0.5, 0.6) is 0 Å². The molecular weight excluding hydrogens is 246 g/mol. The molecule has 0 atom stereocenters. The average Bonchev–Trinajstić information content (AvgIpc) is 2.99. The molecule has 1 aromatic heterocycles. The summed E-state index contributed by atoms with van der Waals surface area (Å²) in [4.78, 5) is 17.3. The quantitative estimate of drug-likeness (QED) is 0.782. The van der Waals surface area contributed by atoms with Crippen LogP contribution in [0.25, 0.3) is 0 Å². The molecule has 1 aliphatic rings. The zero-order valence-electron chi connectivity index (χ0n) is 11.8. The first kappa shape index (κ1) is 13.0. The first-order valence-electron chi connectivity index (χ1n) is 7.25. The molecule has 1 saturated carbocycles. The second kappa shape index (κ2) is 5.20. The molecule has 2 nitrogen and oxygen atoms in total. The molecule has 0 spiro atoms. The minimum absolute atomic E-state index is 0.242. The van der Waals surface area contributed by atoms with Gasteiger partial charge in [-0.05, 0) is 37.0 Å². The highest BCUT2D eigenvalue weighted by molar-refractivity contribution is 6.05. The van der Waals surface area contributed by atoms with Crippen molar-refractivity contribution in [3.8, 4) is 0 Å². The maximum Gasteiger partial charge on any atom is 0.175 e. The molecule has 2 aromatic rings. The number of benzene rings is 1. The van der Waals surface area contributed by atoms with Crippen LogP contribution in [-0.2, 0) is 5.41 Å². The van der Waals surface area contributed by atoms with E-state index in [1.165, 1.54) is 0 Å². The van der Waals surface area contributed by atoms with Crippen LogP contribution in [0.3, 0.4) is 0 Å². The van der Waals surface area contributed by atoms with E-state index < -0.39 is 0 Å². The largest absolute Gasteiger partial charge is 0.293 e. The molecule has 1 aromatic carbocycles. The topological polar surface area (TPSA) is 30.0 Å². The van der Waals surface area contributed by atoms with Gasteiger partial charge in [-0.25, -0.2) is 0 Å². The number of carbonyl (C=O) groups excluding carboxylic acids is 1. The number of pyridine rings is 1. The maximum atomic E-state index is 13.2. The summed E-state index contributed by atoms with van der Waals surface area (Å²) in [6.07, 6.45) is 7.62. The summed E-state index contributed by atoms with van der Waals surface area (Å²) in [7, 11) is 0. The van der Waals surface area contributed by atoms with Crippen LogP contribution in [0, 0.1) is 6.92 Å². The minimum Gasteiger partial charge on any atom is -0.293 e. The van der Waals surface area contributed by atoms with Crippen molar-refractivity contribution in [1.82, 2.24) is 4.98 Å². The Labute approximate surface area is 119 Å². The van der Waals surface area contributed by atoms with Gasteiger partial charge in [0.1, 0.15) is 0 Å². The molecule has 3 rings (SSSR count). The lowest BCUT2D eigenvalue weighted by molar-refractivity contribution is 0.0885. The van der Waals surface area contributed by atoms with Crippen LogP contribution >= 0.6 is 0 Å². The van der Waals surface area contributed by atoms with Gasteiger partial charge in [-0.3, -0.25) is 9.78 Å². The summed E-state index contributed by atoms with van der Waals surface area (Å²) < 4.78 is 0. The molecule has 0 radical (unpaired) electrons. The number of aromatic nitrogens is 1. The van der Waals surface area contributed by atoms with Crippen LogP contribution in [0.1, 0.15) is 47.2 Å². The third-order valence-electron chi connectivity index (χ3n) is 4.50. The number of carbonyl (C=O) groups is 1. The average molecular weight is 265 g/mol. The Bertz CT molecular complexity index is 612. The number of hydrogen-bond acceptors (Lipinski definition) is 2. The summed E-state index contributed by atoms with van der Waals surface area (Å²) in [6.45, 7) is 1.99. The Morgan fingerprint density at radius 3 is 2.45 bits per heavy atom. The molecule has 0 N–H and O–H groups in total. The van der Waals surface area contributed by atoms with Crippen LogP contribution in [-0.4, -0.2) is 10.8 Å². The van der Waals surface area contributed by atoms with Crippen molar-refractivity contribution in [3.63, 3.8) is 0 Å². The molecule has 0 unspecified atom stereocenters. The predicted molar refractivity (Wildman–Crippen MR) is 79.9 cm³/mol. The van der Waals surface area contributed by atoms with Crippen molar-refractivity contribution in [2.45, 2.75) is 38.0 Å². The van der Waals surface area contributed by atoms with Gasteiger partial charge in [0.05, 0.1) is 5.41 Å². The number of Topliss-reactive ketones (excluding diaryl/α,β-unsaturated/α-hetero) is 1. The van der Waals surface area contributed by atoms with Crippen molar-refractivity contribution < 1.29 is 4.79 Å². The van der Waals surface area contributed by atoms with Gasteiger partial charge in [0.25, 0.3) is 0 Å². The fourth-order valence-corrected chi connectivity index (χ4v) is 3.34. The number of aryl methyl sites for hydroxylation is 1. The highest BCUT2D eigenvalue weighted by Crippen LogP contribution is 2.43. The number of ketones is 1. The van der Waals surface area contributed by atoms with Crippen LogP contribution < -0.4 is 0 Å². The lowest BCUT2D eigenvalue weighted by Gasteiger charge is -2.28. The van der Waals surface area contributed by atoms with Crippen LogP contribution in [0.4, 0.5) is 0 Å². The van der Waals surface area contributed by atoms with Crippen LogP contribution in [0.2, 0.25) is 0 Å². The third kappa shape index (κ3) is 2.05. The van der Waals surface area contributed by atoms with Crippen molar-refractivity contribution in [2.75, 3.05) is 0 Å². The monoisotopic (exact) mass is 265 g/mol. The van der Waals surface area contributed by atoms with E-state index in [1.807, 2.05) is 31.2 Å². The summed E-state index contributed by atoms with van der Waals surface area (Å²) in [6, 6.07) is 12.2. The van der Waals surface area contributed by atoms with E-state index in [1.54, 1.807) is 12.4 Å². The third-order valence-corrected chi connectivity index (χ3v) is 4.50. The second-order valence-electron chi connectivity index (χ2n) is 5.67. The van der Waals surface area contributed by atoms with E-state index in [0.29, 0.717) is 0 Å². The Morgan fingerprint density at radius 2 is 1.80 bits per heavy atom. The molecule has 102 valence electrons. The number of rotatable bonds is 3. The number of hydrogen-bond donors (Lipinski definition) is 0. The fraction of sp³-hybridized carbons (Fsp3) is 0.333. The van der Waals surface area contributed by atoms with Crippen molar-refractivity contribution >= 4 is 5.78 Å². The zero-order chi connectivity index (χ0) is 14.0. The molecule has 0 bridgehead atoms. The van der Waals surface area contributed by atoms with Gasteiger partial charge in [-0.2, -0.15) is 0 Å². The maximum absolute atomic E-state index is 13.2. The minimum atomic E-state index is -0.338. The molecule has 1 aliphatic carbocycles. The highest BCUT2D eigenvalue weighted by Gasteiger charge is 2.43.